The molecule has 2 aliphatic rings. The van der Waals surface area contributed by atoms with Crippen LogP contribution in [0, 0.1) is 5.92 Å². The fourth-order valence-electron chi connectivity index (χ4n) is 4.47. The van der Waals surface area contributed by atoms with Crippen molar-refractivity contribution in [1.29, 1.82) is 0 Å². The van der Waals surface area contributed by atoms with Crippen molar-refractivity contribution in [3.63, 3.8) is 0 Å². The van der Waals surface area contributed by atoms with Gasteiger partial charge in [-0.05, 0) is 61.8 Å². The Balaban J connectivity index is 1.53. The molecule has 7 nitrogen and oxygen atoms in total. The minimum atomic E-state index is -3.11. The van der Waals surface area contributed by atoms with Crippen LogP contribution in [0.1, 0.15) is 37.3 Å². The number of aromatic nitrogens is 2. The lowest BCUT2D eigenvalue weighted by molar-refractivity contribution is -0.118. The Morgan fingerprint density at radius 2 is 1.97 bits per heavy atom. The summed E-state index contributed by atoms with van der Waals surface area (Å²) in [7, 11) is -1.33. The minimum Gasteiger partial charge on any atom is -0.315 e. The standard InChI is InChI=1S/C21H27ClN4O3S/c1-3-30(28,29)26-10-8-14(9-11-26)12-15-13-23-24-21(15)17-4-6-18-16(20(17)22)5-7-19(27)25(18)2/h4,6,13-14H,3,5,7-12H2,1-2H3,(H,23,24). The fourth-order valence-corrected chi connectivity index (χ4v) is 5.94. The summed E-state index contributed by atoms with van der Waals surface area (Å²) in [4.78, 5) is 13.7. The molecular weight excluding hydrogens is 424 g/mol. The van der Waals surface area contributed by atoms with Gasteiger partial charge in [0, 0.05) is 44.0 Å². The van der Waals surface area contributed by atoms with Gasteiger partial charge in [0.15, 0.2) is 0 Å². The summed E-state index contributed by atoms with van der Waals surface area (Å²) in [6.07, 6.45) is 5.52. The van der Waals surface area contributed by atoms with Crippen LogP contribution >= 0.6 is 11.6 Å². The monoisotopic (exact) mass is 450 g/mol. The van der Waals surface area contributed by atoms with Crippen LogP contribution in [-0.2, 0) is 27.7 Å². The number of aromatic amines is 1. The van der Waals surface area contributed by atoms with Crippen LogP contribution in [0.3, 0.4) is 0 Å². The van der Waals surface area contributed by atoms with Gasteiger partial charge >= 0.3 is 0 Å². The molecule has 30 heavy (non-hydrogen) atoms. The zero-order valence-corrected chi connectivity index (χ0v) is 18.9. The second-order valence-corrected chi connectivity index (χ2v) is 10.7. The van der Waals surface area contributed by atoms with E-state index in [0.717, 1.165) is 47.3 Å². The SMILES string of the molecule is CCS(=O)(=O)N1CCC(Cc2c[nH]nc2-c2ccc3c(c2Cl)CCC(=O)N3C)CC1. The second kappa shape index (κ2) is 8.32. The summed E-state index contributed by atoms with van der Waals surface area (Å²) in [5.41, 5.74) is 4.66. The van der Waals surface area contributed by atoms with Gasteiger partial charge in [-0.1, -0.05) is 11.6 Å². The van der Waals surface area contributed by atoms with Crippen LogP contribution in [0.5, 0.6) is 0 Å². The molecule has 0 aliphatic carbocycles. The van der Waals surface area contributed by atoms with Gasteiger partial charge in [-0.3, -0.25) is 9.89 Å². The highest BCUT2D eigenvalue weighted by Gasteiger charge is 2.29. The smallest absolute Gasteiger partial charge is 0.227 e. The predicted molar refractivity (Wildman–Crippen MR) is 118 cm³/mol. The Morgan fingerprint density at radius 3 is 2.67 bits per heavy atom. The number of sulfonamides is 1. The molecule has 0 saturated carbocycles. The zero-order valence-electron chi connectivity index (χ0n) is 17.3. The van der Waals surface area contributed by atoms with E-state index in [9.17, 15) is 13.2 Å². The van der Waals surface area contributed by atoms with Crippen molar-refractivity contribution in [3.8, 4) is 11.3 Å². The number of benzene rings is 1. The van der Waals surface area contributed by atoms with Gasteiger partial charge < -0.3 is 4.90 Å². The number of H-pyrrole nitrogens is 1. The topological polar surface area (TPSA) is 86.4 Å². The highest BCUT2D eigenvalue weighted by atomic mass is 35.5. The molecule has 1 N–H and O–H groups in total. The molecule has 0 atom stereocenters. The molecule has 0 unspecified atom stereocenters. The van der Waals surface area contributed by atoms with Crippen molar-refractivity contribution in [3.05, 3.63) is 34.5 Å². The first-order valence-electron chi connectivity index (χ1n) is 10.4. The number of carbonyl (C=O) groups excluding carboxylic acids is 1. The summed E-state index contributed by atoms with van der Waals surface area (Å²) in [5.74, 6) is 0.661. The summed E-state index contributed by atoms with van der Waals surface area (Å²) in [5, 5.41) is 8.10. The zero-order chi connectivity index (χ0) is 21.5. The quantitative estimate of drug-likeness (QED) is 0.757. The molecule has 162 valence electrons. The van der Waals surface area contributed by atoms with E-state index >= 15 is 0 Å². The fraction of sp³-hybridized carbons (Fsp3) is 0.524. The first-order chi connectivity index (χ1) is 14.3. The summed E-state index contributed by atoms with van der Waals surface area (Å²) in [6, 6.07) is 3.88. The third-order valence-electron chi connectivity index (χ3n) is 6.36. The molecule has 2 aliphatic heterocycles. The van der Waals surface area contributed by atoms with Crippen molar-refractivity contribution in [2.75, 3.05) is 30.8 Å². The number of hydrogen-bond acceptors (Lipinski definition) is 4. The van der Waals surface area contributed by atoms with Gasteiger partial charge in [0.05, 0.1) is 16.5 Å². The summed E-state index contributed by atoms with van der Waals surface area (Å²) < 4.78 is 25.8. The minimum absolute atomic E-state index is 0.100. The summed E-state index contributed by atoms with van der Waals surface area (Å²) >= 11 is 6.77. The molecule has 0 radical (unpaired) electrons. The first kappa shape index (κ1) is 21.3. The van der Waals surface area contributed by atoms with Crippen LogP contribution in [0.4, 0.5) is 5.69 Å². The highest BCUT2D eigenvalue weighted by molar-refractivity contribution is 7.89. The number of fused-ring (bicyclic) bond motifs is 1. The van der Waals surface area contributed by atoms with Crippen molar-refractivity contribution in [2.45, 2.75) is 39.0 Å². The van der Waals surface area contributed by atoms with Gasteiger partial charge in [0.2, 0.25) is 15.9 Å². The van der Waals surface area contributed by atoms with E-state index in [0.29, 0.717) is 36.9 Å². The highest BCUT2D eigenvalue weighted by Crippen LogP contribution is 2.40. The lowest BCUT2D eigenvalue weighted by Crippen LogP contribution is -2.39. The van der Waals surface area contributed by atoms with E-state index in [1.54, 1.807) is 23.2 Å². The Labute approximate surface area is 182 Å². The third-order valence-corrected chi connectivity index (χ3v) is 8.67. The van der Waals surface area contributed by atoms with Crippen molar-refractivity contribution < 1.29 is 13.2 Å². The molecule has 1 aromatic heterocycles. The van der Waals surface area contributed by atoms with E-state index in [-0.39, 0.29) is 11.7 Å². The maximum absolute atomic E-state index is 12.1. The molecule has 0 spiro atoms. The predicted octanol–water partition coefficient (Wildman–Crippen LogP) is 3.24. The Kier molecular flexibility index (Phi) is 5.92. The maximum Gasteiger partial charge on any atom is 0.227 e. The van der Waals surface area contributed by atoms with E-state index in [4.69, 9.17) is 11.6 Å². The van der Waals surface area contributed by atoms with E-state index in [2.05, 4.69) is 10.2 Å². The summed E-state index contributed by atoms with van der Waals surface area (Å²) in [6.45, 7) is 2.84. The third kappa shape index (κ3) is 3.88. The molecule has 1 fully saturated rings. The molecule has 1 saturated heterocycles. The van der Waals surface area contributed by atoms with Gasteiger partial charge in [-0.15, -0.1) is 0 Å². The molecular formula is C21H27ClN4O3S. The van der Waals surface area contributed by atoms with E-state index < -0.39 is 10.0 Å². The molecule has 0 bridgehead atoms. The van der Waals surface area contributed by atoms with Crippen LogP contribution in [-0.4, -0.2) is 54.7 Å². The first-order valence-corrected chi connectivity index (χ1v) is 12.4. The number of nitrogens with zero attached hydrogens (tertiary/aromatic N) is 3. The van der Waals surface area contributed by atoms with Crippen LogP contribution in [0.2, 0.25) is 5.02 Å². The normalized spacial score (nSPS) is 18.6. The average molecular weight is 451 g/mol. The van der Waals surface area contributed by atoms with E-state index in [1.807, 2.05) is 18.3 Å². The van der Waals surface area contributed by atoms with Crippen LogP contribution in [0.15, 0.2) is 18.3 Å². The molecule has 2 aromatic rings. The number of anilines is 1. The second-order valence-electron chi connectivity index (χ2n) is 8.08. The average Bonchev–Trinajstić information content (AvgIpc) is 3.19. The Morgan fingerprint density at radius 1 is 1.23 bits per heavy atom. The molecule has 3 heterocycles. The van der Waals surface area contributed by atoms with E-state index in [1.165, 1.54) is 0 Å². The lowest BCUT2D eigenvalue weighted by Gasteiger charge is -2.31. The van der Waals surface area contributed by atoms with Crippen LogP contribution in [0.25, 0.3) is 11.3 Å². The van der Waals surface area contributed by atoms with Crippen LogP contribution < -0.4 is 4.90 Å². The lowest BCUT2D eigenvalue weighted by atomic mass is 9.89. The number of amides is 1. The van der Waals surface area contributed by atoms with Gasteiger partial charge in [0.1, 0.15) is 0 Å². The van der Waals surface area contributed by atoms with Crippen molar-refractivity contribution >= 4 is 33.2 Å². The molecule has 1 amide bonds. The molecule has 9 heteroatoms. The maximum atomic E-state index is 12.1. The molecule has 4 rings (SSSR count). The number of halogens is 1. The number of hydrogen-bond donors (Lipinski definition) is 1. The number of rotatable bonds is 5. The van der Waals surface area contributed by atoms with Gasteiger partial charge in [0.25, 0.3) is 0 Å². The number of piperidine rings is 1. The largest absolute Gasteiger partial charge is 0.315 e. The van der Waals surface area contributed by atoms with Gasteiger partial charge in [-0.25, -0.2) is 12.7 Å². The van der Waals surface area contributed by atoms with Crippen molar-refractivity contribution in [1.82, 2.24) is 14.5 Å². The van der Waals surface area contributed by atoms with Gasteiger partial charge in [-0.2, -0.15) is 5.10 Å². The Bertz CT molecular complexity index is 1060. The van der Waals surface area contributed by atoms with Crippen molar-refractivity contribution in [2.24, 2.45) is 5.92 Å². The Hall–Kier alpha value is -1.90. The molecule has 1 aromatic carbocycles. The number of carbonyl (C=O) groups is 1. The number of nitrogens with one attached hydrogen (secondary N) is 1.